The molecule has 0 radical (unpaired) electrons. The zero-order valence-electron chi connectivity index (χ0n) is 12.0. The Morgan fingerprint density at radius 2 is 2.05 bits per heavy atom. The van der Waals surface area contributed by atoms with E-state index in [0.29, 0.717) is 32.8 Å². The number of halogens is 1. The van der Waals surface area contributed by atoms with E-state index in [0.717, 1.165) is 0 Å². The van der Waals surface area contributed by atoms with Gasteiger partial charge in [0.25, 0.3) is 5.56 Å². The van der Waals surface area contributed by atoms with E-state index in [9.17, 15) is 9.59 Å². The second-order valence-electron chi connectivity index (χ2n) is 5.21. The normalized spacial score (nSPS) is 12.7. The van der Waals surface area contributed by atoms with Crippen LogP contribution in [0.4, 0.5) is 0 Å². The van der Waals surface area contributed by atoms with Crippen LogP contribution in [0.15, 0.2) is 35.1 Å². The molecule has 0 aliphatic rings. The lowest BCUT2D eigenvalue weighted by atomic mass is 10.00. The smallest absolute Gasteiger partial charge is 0.310 e. The molecule has 0 amide bonds. The van der Waals surface area contributed by atoms with Gasteiger partial charge in [0.15, 0.2) is 0 Å². The molecule has 1 aromatic carbocycles. The maximum Gasteiger partial charge on any atom is 0.310 e. The number of fused-ring (bicyclic) bond motifs is 2. The van der Waals surface area contributed by atoms with Crippen molar-refractivity contribution in [2.75, 3.05) is 0 Å². The zero-order valence-corrected chi connectivity index (χ0v) is 12.8. The Morgan fingerprint density at radius 1 is 1.32 bits per heavy atom. The number of hydrogen-bond acceptors (Lipinski definition) is 3. The van der Waals surface area contributed by atoms with Gasteiger partial charge in [0.2, 0.25) is 0 Å². The van der Waals surface area contributed by atoms with Crippen molar-refractivity contribution in [1.29, 1.82) is 0 Å². The Kier molecular flexibility index (Phi) is 3.37. The lowest BCUT2D eigenvalue weighted by Gasteiger charge is -2.10. The number of carbonyl (C=O) groups is 1. The summed E-state index contributed by atoms with van der Waals surface area (Å²) in [6, 6.07) is 8.34. The maximum atomic E-state index is 12.7. The first-order chi connectivity index (χ1) is 10.4. The number of aliphatic carboxylic acids is 1. The van der Waals surface area contributed by atoms with Gasteiger partial charge in [0.05, 0.1) is 21.8 Å². The van der Waals surface area contributed by atoms with Crippen molar-refractivity contribution in [3.05, 3.63) is 57.0 Å². The van der Waals surface area contributed by atoms with Crippen LogP contribution >= 0.6 is 11.6 Å². The minimum Gasteiger partial charge on any atom is -0.481 e. The molecule has 3 rings (SSSR count). The largest absolute Gasteiger partial charge is 0.481 e. The standard InChI is InChI=1S/C16H13ClN2O3/c1-8(16(21)22)10-3-5-13-11(7-10)15(20)19-9(2)12(17)4-6-14(19)18-13/h3-8H,1-2H3,(H,21,22). The molecule has 0 saturated heterocycles. The predicted molar refractivity (Wildman–Crippen MR) is 84.8 cm³/mol. The summed E-state index contributed by atoms with van der Waals surface area (Å²) in [5.41, 5.74) is 1.97. The fraction of sp³-hybridized carbons (Fsp3) is 0.188. The molecule has 1 N–H and O–H groups in total. The van der Waals surface area contributed by atoms with Gasteiger partial charge in [-0.15, -0.1) is 0 Å². The van der Waals surface area contributed by atoms with Crippen molar-refractivity contribution in [3.8, 4) is 0 Å². The fourth-order valence-corrected chi connectivity index (χ4v) is 2.59. The molecule has 0 bridgehead atoms. The first kappa shape index (κ1) is 14.5. The summed E-state index contributed by atoms with van der Waals surface area (Å²) in [5.74, 6) is -1.63. The third-order valence-corrected chi connectivity index (χ3v) is 4.25. The van der Waals surface area contributed by atoms with Crippen LogP contribution in [-0.2, 0) is 4.79 Å². The van der Waals surface area contributed by atoms with Gasteiger partial charge in [-0.3, -0.25) is 14.0 Å². The minimum atomic E-state index is -0.938. The molecule has 1 unspecified atom stereocenters. The lowest BCUT2D eigenvalue weighted by molar-refractivity contribution is -0.138. The van der Waals surface area contributed by atoms with Gasteiger partial charge in [0.1, 0.15) is 5.65 Å². The second kappa shape index (κ2) is 5.10. The van der Waals surface area contributed by atoms with E-state index in [1.54, 1.807) is 44.2 Å². The van der Waals surface area contributed by atoms with Gasteiger partial charge in [-0.1, -0.05) is 17.7 Å². The highest BCUT2D eigenvalue weighted by Crippen LogP contribution is 2.21. The van der Waals surface area contributed by atoms with Gasteiger partial charge in [-0.25, -0.2) is 4.98 Å². The van der Waals surface area contributed by atoms with Crippen molar-refractivity contribution in [1.82, 2.24) is 9.38 Å². The van der Waals surface area contributed by atoms with Crippen molar-refractivity contribution in [2.24, 2.45) is 0 Å². The van der Waals surface area contributed by atoms with E-state index in [1.807, 2.05) is 0 Å². The van der Waals surface area contributed by atoms with Crippen LogP contribution in [0.5, 0.6) is 0 Å². The number of pyridine rings is 1. The number of aryl methyl sites for hydroxylation is 1. The highest BCUT2D eigenvalue weighted by atomic mass is 35.5. The molecule has 0 aliphatic carbocycles. The monoisotopic (exact) mass is 316 g/mol. The molecule has 5 nitrogen and oxygen atoms in total. The average Bonchev–Trinajstić information content (AvgIpc) is 2.50. The number of carboxylic acids is 1. The topological polar surface area (TPSA) is 71.7 Å². The van der Waals surface area contributed by atoms with Crippen molar-refractivity contribution in [2.45, 2.75) is 19.8 Å². The number of rotatable bonds is 2. The van der Waals surface area contributed by atoms with Gasteiger partial charge >= 0.3 is 5.97 Å². The molecule has 0 fully saturated rings. The summed E-state index contributed by atoms with van der Waals surface area (Å²) < 4.78 is 1.44. The molecule has 2 heterocycles. The quantitative estimate of drug-likeness (QED) is 0.738. The molecule has 22 heavy (non-hydrogen) atoms. The molecule has 0 aliphatic heterocycles. The number of hydrogen-bond donors (Lipinski definition) is 1. The molecular formula is C16H13ClN2O3. The third-order valence-electron chi connectivity index (χ3n) is 3.85. The fourth-order valence-electron chi connectivity index (χ4n) is 2.44. The van der Waals surface area contributed by atoms with Crippen LogP contribution in [0.25, 0.3) is 16.6 Å². The third kappa shape index (κ3) is 2.14. The first-order valence-electron chi connectivity index (χ1n) is 6.74. The highest BCUT2D eigenvalue weighted by molar-refractivity contribution is 6.31. The highest BCUT2D eigenvalue weighted by Gasteiger charge is 2.16. The Labute approximate surface area is 130 Å². The van der Waals surface area contributed by atoms with Crippen LogP contribution in [0.1, 0.15) is 24.1 Å². The van der Waals surface area contributed by atoms with E-state index in [1.165, 1.54) is 4.40 Å². The maximum absolute atomic E-state index is 12.7. The minimum absolute atomic E-state index is 0.251. The summed E-state index contributed by atoms with van der Waals surface area (Å²) in [6.07, 6.45) is 0. The number of benzene rings is 1. The number of aromatic nitrogens is 2. The Balaban J connectivity index is 2.40. The molecular weight excluding hydrogens is 304 g/mol. The van der Waals surface area contributed by atoms with Crippen LogP contribution < -0.4 is 5.56 Å². The van der Waals surface area contributed by atoms with Crippen LogP contribution in [0, 0.1) is 6.92 Å². The summed E-state index contributed by atoms with van der Waals surface area (Å²) in [5, 5.41) is 9.97. The van der Waals surface area contributed by atoms with E-state index >= 15 is 0 Å². The van der Waals surface area contributed by atoms with Gasteiger partial charge in [-0.05, 0) is 43.7 Å². The number of nitrogens with zero attached hydrogens (tertiary/aromatic N) is 2. The van der Waals surface area contributed by atoms with Crippen LogP contribution in [-0.4, -0.2) is 20.5 Å². The zero-order chi connectivity index (χ0) is 16.0. The summed E-state index contributed by atoms with van der Waals surface area (Å²) in [4.78, 5) is 28.3. The summed E-state index contributed by atoms with van der Waals surface area (Å²) in [6.45, 7) is 3.33. The lowest BCUT2D eigenvalue weighted by Crippen LogP contribution is -2.18. The molecule has 6 heteroatoms. The Bertz CT molecular complexity index is 978. The van der Waals surface area contributed by atoms with Crippen LogP contribution in [0.3, 0.4) is 0 Å². The van der Waals surface area contributed by atoms with E-state index in [-0.39, 0.29) is 5.56 Å². The Hall–Kier alpha value is -2.40. The van der Waals surface area contributed by atoms with E-state index in [2.05, 4.69) is 4.98 Å². The molecule has 3 aromatic rings. The average molecular weight is 317 g/mol. The molecule has 0 spiro atoms. The molecule has 1 atom stereocenters. The molecule has 0 saturated carbocycles. The van der Waals surface area contributed by atoms with Crippen LogP contribution in [0.2, 0.25) is 5.02 Å². The number of carboxylic acid groups (broad SMARTS) is 1. The van der Waals surface area contributed by atoms with Gasteiger partial charge in [-0.2, -0.15) is 0 Å². The first-order valence-corrected chi connectivity index (χ1v) is 7.12. The predicted octanol–water partition coefficient (Wildman–Crippen LogP) is 3.00. The van der Waals surface area contributed by atoms with Gasteiger partial charge < -0.3 is 5.11 Å². The second-order valence-corrected chi connectivity index (χ2v) is 5.62. The Morgan fingerprint density at radius 3 is 2.73 bits per heavy atom. The van der Waals surface area contributed by atoms with Crippen molar-refractivity contribution < 1.29 is 9.90 Å². The molecule has 112 valence electrons. The van der Waals surface area contributed by atoms with Crippen molar-refractivity contribution >= 4 is 34.1 Å². The van der Waals surface area contributed by atoms with Crippen molar-refractivity contribution in [3.63, 3.8) is 0 Å². The SMILES string of the molecule is Cc1c(Cl)ccc2nc3ccc(C(C)C(=O)O)cc3c(=O)n12. The molecule has 2 aromatic heterocycles. The summed E-state index contributed by atoms with van der Waals surface area (Å²) >= 11 is 6.07. The summed E-state index contributed by atoms with van der Waals surface area (Å²) in [7, 11) is 0. The van der Waals surface area contributed by atoms with E-state index in [4.69, 9.17) is 16.7 Å². The van der Waals surface area contributed by atoms with E-state index < -0.39 is 11.9 Å². The van der Waals surface area contributed by atoms with Gasteiger partial charge in [0, 0.05) is 5.69 Å².